The highest BCUT2D eigenvalue weighted by Crippen LogP contribution is 2.31. The van der Waals surface area contributed by atoms with E-state index in [-0.39, 0.29) is 0 Å². The molecule has 0 aliphatic heterocycles. The van der Waals surface area contributed by atoms with Crippen molar-refractivity contribution in [1.82, 2.24) is 19.7 Å². The van der Waals surface area contributed by atoms with E-state index in [9.17, 15) is 0 Å². The monoisotopic (exact) mass is 289 g/mol. The summed E-state index contributed by atoms with van der Waals surface area (Å²) >= 11 is 0. The fraction of sp³-hybridized carbons (Fsp3) is 0.533. The molecule has 0 radical (unpaired) electrons. The highest BCUT2D eigenvalue weighted by Gasteiger charge is 2.16. The van der Waals surface area contributed by atoms with Crippen molar-refractivity contribution in [3.63, 3.8) is 0 Å². The first-order valence-corrected chi connectivity index (χ1v) is 7.34. The molecular weight excluding hydrogens is 266 g/mol. The molecule has 0 spiro atoms. The Morgan fingerprint density at radius 1 is 1.24 bits per heavy atom. The molecule has 6 heteroatoms. The topological polar surface area (TPSA) is 64.9 Å². The molecule has 0 aliphatic carbocycles. The minimum atomic E-state index is 0.602. The van der Waals surface area contributed by atoms with Crippen molar-refractivity contribution in [2.45, 2.75) is 40.5 Å². The van der Waals surface area contributed by atoms with E-state index in [4.69, 9.17) is 4.74 Å². The van der Waals surface area contributed by atoms with Gasteiger partial charge in [0.25, 0.3) is 0 Å². The minimum absolute atomic E-state index is 0.602. The Morgan fingerprint density at radius 2 is 2.00 bits per heavy atom. The van der Waals surface area contributed by atoms with E-state index in [0.29, 0.717) is 5.88 Å². The van der Waals surface area contributed by atoms with Gasteiger partial charge in [0.2, 0.25) is 5.88 Å². The molecule has 6 nitrogen and oxygen atoms in total. The van der Waals surface area contributed by atoms with Crippen LogP contribution in [-0.4, -0.2) is 26.3 Å². The van der Waals surface area contributed by atoms with Gasteiger partial charge in [-0.2, -0.15) is 5.10 Å². The lowest BCUT2D eigenvalue weighted by atomic mass is 10.2. The van der Waals surface area contributed by atoms with Crippen LogP contribution < -0.4 is 10.1 Å². The highest BCUT2D eigenvalue weighted by atomic mass is 16.5. The Hall–Kier alpha value is -2.11. The first-order valence-electron chi connectivity index (χ1n) is 7.34. The van der Waals surface area contributed by atoms with Crippen LogP contribution in [0.4, 0.5) is 5.82 Å². The average molecular weight is 289 g/mol. The fourth-order valence-corrected chi connectivity index (χ4v) is 2.20. The second kappa shape index (κ2) is 6.56. The molecule has 0 fully saturated rings. The van der Waals surface area contributed by atoms with Gasteiger partial charge >= 0.3 is 0 Å². The number of nitrogens with zero attached hydrogens (tertiary/aromatic N) is 4. The zero-order valence-electron chi connectivity index (χ0n) is 13.4. The van der Waals surface area contributed by atoms with E-state index in [1.165, 1.54) is 6.33 Å². The number of aryl methyl sites for hydroxylation is 2. The van der Waals surface area contributed by atoms with Crippen LogP contribution >= 0.6 is 0 Å². The van der Waals surface area contributed by atoms with Gasteiger partial charge in [-0.05, 0) is 26.7 Å². The number of anilines is 1. The van der Waals surface area contributed by atoms with Gasteiger partial charge in [0.05, 0.1) is 11.3 Å². The molecule has 0 atom stereocenters. The minimum Gasteiger partial charge on any atom is -0.435 e. The standard InChI is InChI=1S/C15H23N5O/c1-6-8-16-14-12(7-2)15(18-9-17-14)21-13-10(3)19-20(5)11(13)4/h9H,6-8H2,1-5H3,(H,16,17,18). The van der Waals surface area contributed by atoms with E-state index in [2.05, 4.69) is 34.2 Å². The van der Waals surface area contributed by atoms with Gasteiger partial charge < -0.3 is 10.1 Å². The van der Waals surface area contributed by atoms with Gasteiger partial charge in [-0.15, -0.1) is 0 Å². The predicted octanol–water partition coefficient (Wildman–Crippen LogP) is 3.00. The van der Waals surface area contributed by atoms with Crippen molar-refractivity contribution < 1.29 is 4.74 Å². The molecule has 0 bridgehead atoms. The molecule has 0 aromatic carbocycles. The highest BCUT2D eigenvalue weighted by molar-refractivity contribution is 5.50. The van der Waals surface area contributed by atoms with Crippen molar-refractivity contribution in [3.05, 3.63) is 23.3 Å². The van der Waals surface area contributed by atoms with Crippen molar-refractivity contribution in [2.24, 2.45) is 7.05 Å². The molecule has 0 amide bonds. The van der Waals surface area contributed by atoms with Gasteiger partial charge in [0.15, 0.2) is 5.75 Å². The average Bonchev–Trinajstić information content (AvgIpc) is 2.71. The van der Waals surface area contributed by atoms with Crippen molar-refractivity contribution in [1.29, 1.82) is 0 Å². The van der Waals surface area contributed by atoms with Crippen molar-refractivity contribution >= 4 is 5.82 Å². The number of aromatic nitrogens is 4. The molecule has 1 N–H and O–H groups in total. The van der Waals surface area contributed by atoms with E-state index < -0.39 is 0 Å². The van der Waals surface area contributed by atoms with E-state index in [1.54, 1.807) is 0 Å². The normalized spacial score (nSPS) is 10.7. The summed E-state index contributed by atoms with van der Waals surface area (Å²) in [5, 5.41) is 7.69. The van der Waals surface area contributed by atoms with Crippen LogP contribution in [-0.2, 0) is 13.5 Å². The summed E-state index contributed by atoms with van der Waals surface area (Å²) in [4.78, 5) is 8.61. The number of rotatable bonds is 6. The predicted molar refractivity (Wildman–Crippen MR) is 82.9 cm³/mol. The smallest absolute Gasteiger partial charge is 0.227 e. The third-order valence-electron chi connectivity index (χ3n) is 3.44. The van der Waals surface area contributed by atoms with Crippen LogP contribution in [0.5, 0.6) is 11.6 Å². The van der Waals surface area contributed by atoms with Gasteiger partial charge in [-0.3, -0.25) is 4.68 Å². The Balaban J connectivity index is 2.35. The summed E-state index contributed by atoms with van der Waals surface area (Å²) in [5.41, 5.74) is 2.84. The Bertz CT molecular complexity index is 621. The summed E-state index contributed by atoms with van der Waals surface area (Å²) < 4.78 is 7.84. The van der Waals surface area contributed by atoms with Crippen LogP contribution in [0.25, 0.3) is 0 Å². The van der Waals surface area contributed by atoms with Crippen LogP contribution in [0.2, 0.25) is 0 Å². The molecule has 2 rings (SSSR count). The van der Waals surface area contributed by atoms with Gasteiger partial charge in [-0.1, -0.05) is 13.8 Å². The Kier molecular flexibility index (Phi) is 4.77. The summed E-state index contributed by atoms with van der Waals surface area (Å²) in [6.45, 7) is 9.00. The van der Waals surface area contributed by atoms with Crippen LogP contribution in [0, 0.1) is 13.8 Å². The SMILES string of the molecule is CCCNc1ncnc(Oc2c(C)nn(C)c2C)c1CC. The zero-order chi connectivity index (χ0) is 15.4. The Morgan fingerprint density at radius 3 is 2.57 bits per heavy atom. The maximum Gasteiger partial charge on any atom is 0.227 e. The molecule has 0 saturated carbocycles. The lowest BCUT2D eigenvalue weighted by molar-refractivity contribution is 0.448. The quantitative estimate of drug-likeness (QED) is 0.885. The van der Waals surface area contributed by atoms with Gasteiger partial charge in [-0.25, -0.2) is 9.97 Å². The number of hydrogen-bond donors (Lipinski definition) is 1. The second-order valence-corrected chi connectivity index (χ2v) is 5.01. The third-order valence-corrected chi connectivity index (χ3v) is 3.44. The molecule has 0 aliphatic rings. The second-order valence-electron chi connectivity index (χ2n) is 5.01. The summed E-state index contributed by atoms with van der Waals surface area (Å²) in [6.07, 6.45) is 3.39. The first-order chi connectivity index (χ1) is 10.1. The number of ether oxygens (including phenoxy) is 1. The molecule has 2 aromatic rings. The van der Waals surface area contributed by atoms with E-state index >= 15 is 0 Å². The van der Waals surface area contributed by atoms with Crippen LogP contribution in [0.3, 0.4) is 0 Å². The van der Waals surface area contributed by atoms with Crippen LogP contribution in [0.1, 0.15) is 37.2 Å². The maximum absolute atomic E-state index is 6.03. The fourth-order valence-electron chi connectivity index (χ4n) is 2.20. The maximum atomic E-state index is 6.03. The lowest BCUT2D eigenvalue weighted by Crippen LogP contribution is -2.07. The van der Waals surface area contributed by atoms with Crippen molar-refractivity contribution in [2.75, 3.05) is 11.9 Å². The van der Waals surface area contributed by atoms with Gasteiger partial charge in [0.1, 0.15) is 17.8 Å². The number of hydrogen-bond acceptors (Lipinski definition) is 5. The molecule has 0 unspecified atom stereocenters. The molecule has 0 saturated heterocycles. The molecule has 2 aromatic heterocycles. The van der Waals surface area contributed by atoms with Gasteiger partial charge in [0, 0.05) is 13.6 Å². The van der Waals surface area contributed by atoms with Crippen LogP contribution in [0.15, 0.2) is 6.33 Å². The zero-order valence-corrected chi connectivity index (χ0v) is 13.4. The first kappa shape index (κ1) is 15.3. The van der Waals surface area contributed by atoms with E-state index in [0.717, 1.165) is 47.9 Å². The lowest BCUT2D eigenvalue weighted by Gasteiger charge is -2.13. The summed E-state index contributed by atoms with van der Waals surface area (Å²) in [6, 6.07) is 0. The number of nitrogens with one attached hydrogen (secondary N) is 1. The van der Waals surface area contributed by atoms with E-state index in [1.807, 2.05) is 25.6 Å². The summed E-state index contributed by atoms with van der Waals surface area (Å²) in [5.74, 6) is 2.22. The third kappa shape index (κ3) is 3.15. The molecular formula is C15H23N5O. The largest absolute Gasteiger partial charge is 0.435 e. The van der Waals surface area contributed by atoms with Crippen molar-refractivity contribution in [3.8, 4) is 11.6 Å². The molecule has 2 heterocycles. The Labute approximate surface area is 125 Å². The molecule has 114 valence electrons. The summed E-state index contributed by atoms with van der Waals surface area (Å²) in [7, 11) is 1.91. The molecule has 21 heavy (non-hydrogen) atoms.